The van der Waals surface area contributed by atoms with Gasteiger partial charge < -0.3 is 0 Å². The quantitative estimate of drug-likeness (QED) is 0.156. The van der Waals surface area contributed by atoms with Crippen LogP contribution in [0.15, 0.2) is 128 Å². The lowest BCUT2D eigenvalue weighted by Crippen LogP contribution is -2.17. The van der Waals surface area contributed by atoms with E-state index in [2.05, 4.69) is 217 Å². The maximum atomic E-state index is 4.71. The highest BCUT2D eigenvalue weighted by Crippen LogP contribution is 2.60. The Morgan fingerprint density at radius 2 is 0.954 bits per heavy atom. The van der Waals surface area contributed by atoms with Crippen LogP contribution in [0.2, 0.25) is 0 Å². The first-order chi connectivity index (χ1) is 30.7. The van der Waals surface area contributed by atoms with Gasteiger partial charge in [-0.1, -0.05) is 231 Å². The van der Waals surface area contributed by atoms with E-state index in [1.165, 1.54) is 116 Å². The molecule has 0 aliphatic heterocycles. The second kappa shape index (κ2) is 16.9. The Morgan fingerprint density at radius 3 is 1.49 bits per heavy atom. The third-order valence-electron chi connectivity index (χ3n) is 13.9. The number of fused-ring (bicyclic) bond motifs is 7. The first kappa shape index (κ1) is 45.8. The summed E-state index contributed by atoms with van der Waals surface area (Å²) in [7, 11) is 0. The van der Waals surface area contributed by atoms with Gasteiger partial charge in [0.1, 0.15) is 0 Å². The van der Waals surface area contributed by atoms with Gasteiger partial charge in [-0.15, -0.1) is 0 Å². The standard InChI is InChI=1S/C63H66.C2H6/c1-14-47-50(27-20-24-39-22-16-15-17-23-39)56(42-34-45(62(8,9)10)37-46(35-42)63(11,12)13)59-54-38-53-48-26-19-18-25-40(48)30-31-49(53)51-28-21-29-52(57(51)54)58(59)55(47)41-32-43(60(2,3)4)36-44(33-41)61(5,6)7;1-2/h14-23,25-29,32-38H,1,24,30-31H2,2-13H3;1-2H3/b27-20-;. The predicted octanol–water partition coefficient (Wildman–Crippen LogP) is 18.7. The Kier molecular flexibility index (Phi) is 11.9. The molecule has 0 nitrogen and oxygen atoms in total. The van der Waals surface area contributed by atoms with E-state index >= 15 is 0 Å². The number of allylic oxidation sites excluding steroid dienone is 1. The lowest BCUT2D eigenvalue weighted by atomic mass is 9.74. The van der Waals surface area contributed by atoms with Crippen LogP contribution in [0.5, 0.6) is 0 Å². The molecular weight excluding hydrogens is 781 g/mol. The van der Waals surface area contributed by atoms with Gasteiger partial charge in [0.15, 0.2) is 0 Å². The minimum absolute atomic E-state index is 0.0436. The fourth-order valence-electron chi connectivity index (χ4n) is 10.2. The molecule has 0 bridgehead atoms. The summed E-state index contributed by atoms with van der Waals surface area (Å²) >= 11 is 0. The SMILES string of the molecule is C=Cc1c(/C=C\Cc2ccccc2)c(-c2cc(C(C)(C)C)cc(C(C)(C)C)c2)c2c(c1-c1cc(C(C)(C)C)cc(C(C)(C)C)c1)-c1cccc3c4c(cc-2c13)-c1ccccc1CC4.CC. The van der Waals surface area contributed by atoms with Crippen molar-refractivity contribution >= 4 is 22.9 Å². The molecule has 0 heterocycles. The maximum Gasteiger partial charge on any atom is -0.000719 e. The fraction of sp³-hybridized carbons (Fsp3) is 0.323. The summed E-state index contributed by atoms with van der Waals surface area (Å²) < 4.78 is 0. The lowest BCUT2D eigenvalue weighted by molar-refractivity contribution is 0.568. The zero-order valence-corrected chi connectivity index (χ0v) is 42.0. The highest BCUT2D eigenvalue weighted by Gasteiger charge is 2.35. The number of rotatable bonds is 6. The van der Waals surface area contributed by atoms with Gasteiger partial charge in [0.05, 0.1) is 0 Å². The molecule has 0 N–H and O–H groups in total. The summed E-state index contributed by atoms with van der Waals surface area (Å²) in [6, 6.07) is 44.7. The van der Waals surface area contributed by atoms with Gasteiger partial charge in [-0.2, -0.15) is 0 Å². The van der Waals surface area contributed by atoms with Gasteiger partial charge in [0.25, 0.3) is 0 Å². The number of hydrogen-bond acceptors (Lipinski definition) is 0. The van der Waals surface area contributed by atoms with Crippen molar-refractivity contribution in [1.82, 2.24) is 0 Å². The van der Waals surface area contributed by atoms with Gasteiger partial charge >= 0.3 is 0 Å². The van der Waals surface area contributed by atoms with Crippen molar-refractivity contribution < 1.29 is 0 Å². The lowest BCUT2D eigenvalue weighted by Gasteiger charge is -2.30. The number of hydrogen-bond donors (Lipinski definition) is 0. The summed E-state index contributed by atoms with van der Waals surface area (Å²) in [5.41, 5.74) is 25.1. The van der Waals surface area contributed by atoms with Gasteiger partial charge in [0.2, 0.25) is 0 Å². The number of benzene rings is 7. The van der Waals surface area contributed by atoms with E-state index < -0.39 is 0 Å². The van der Waals surface area contributed by atoms with E-state index in [1.54, 1.807) is 0 Å². The van der Waals surface area contributed by atoms with Crippen molar-refractivity contribution in [2.24, 2.45) is 0 Å². The monoisotopic (exact) mass is 853 g/mol. The molecule has 2 aliphatic carbocycles. The van der Waals surface area contributed by atoms with Crippen LogP contribution in [0.4, 0.5) is 0 Å². The smallest absolute Gasteiger partial charge is 0.000719 e. The molecule has 0 saturated heterocycles. The zero-order chi connectivity index (χ0) is 46.8. The molecule has 0 spiro atoms. The molecule has 7 aromatic rings. The molecule has 0 aromatic heterocycles. The fourth-order valence-corrected chi connectivity index (χ4v) is 10.2. The van der Waals surface area contributed by atoms with Crippen molar-refractivity contribution in [2.75, 3.05) is 0 Å². The van der Waals surface area contributed by atoms with Gasteiger partial charge in [-0.3, -0.25) is 0 Å². The Morgan fingerprint density at radius 1 is 0.462 bits per heavy atom. The molecule has 65 heavy (non-hydrogen) atoms. The van der Waals surface area contributed by atoms with Crippen LogP contribution in [0.3, 0.4) is 0 Å². The molecule has 0 atom stereocenters. The topological polar surface area (TPSA) is 0 Å². The third kappa shape index (κ3) is 8.40. The van der Waals surface area contributed by atoms with Gasteiger partial charge in [-0.25, -0.2) is 0 Å². The zero-order valence-electron chi connectivity index (χ0n) is 42.0. The van der Waals surface area contributed by atoms with Gasteiger partial charge in [0, 0.05) is 0 Å². The first-order valence-electron chi connectivity index (χ1n) is 24.3. The van der Waals surface area contributed by atoms with E-state index in [4.69, 9.17) is 6.58 Å². The van der Waals surface area contributed by atoms with Crippen molar-refractivity contribution in [3.63, 3.8) is 0 Å². The Labute approximate surface area is 392 Å². The molecule has 0 heteroatoms. The Bertz CT molecular complexity index is 2920. The molecule has 0 saturated carbocycles. The van der Waals surface area contributed by atoms with Crippen molar-refractivity contribution in [3.05, 3.63) is 178 Å². The maximum absolute atomic E-state index is 4.71. The Hall–Kier alpha value is -5.72. The molecule has 0 fully saturated rings. The number of aryl methyl sites for hydroxylation is 2. The summed E-state index contributed by atoms with van der Waals surface area (Å²) in [6.07, 6.45) is 9.95. The molecule has 0 unspecified atom stereocenters. The van der Waals surface area contributed by atoms with Crippen LogP contribution in [0.1, 0.15) is 147 Å². The molecule has 0 amide bonds. The average Bonchev–Trinajstić information content (AvgIpc) is 3.59. The van der Waals surface area contributed by atoms with Crippen LogP contribution in [0.25, 0.3) is 78.6 Å². The van der Waals surface area contributed by atoms with E-state index in [0.717, 1.165) is 19.3 Å². The van der Waals surface area contributed by atoms with Crippen LogP contribution >= 0.6 is 0 Å². The molecule has 7 aromatic carbocycles. The minimum Gasteiger partial charge on any atom is -0.0984 e. The molecular formula is C65H72. The molecule has 0 radical (unpaired) electrons. The van der Waals surface area contributed by atoms with E-state index in [-0.39, 0.29) is 21.7 Å². The van der Waals surface area contributed by atoms with Crippen molar-refractivity contribution in [1.29, 1.82) is 0 Å². The van der Waals surface area contributed by atoms with Crippen LogP contribution in [-0.2, 0) is 40.9 Å². The highest BCUT2D eigenvalue weighted by atomic mass is 14.4. The van der Waals surface area contributed by atoms with E-state index in [9.17, 15) is 0 Å². The summed E-state index contributed by atoms with van der Waals surface area (Å²) in [5, 5.41) is 2.78. The van der Waals surface area contributed by atoms with E-state index in [1.807, 2.05) is 13.8 Å². The van der Waals surface area contributed by atoms with Gasteiger partial charge in [-0.05, 0) is 163 Å². The van der Waals surface area contributed by atoms with Crippen molar-refractivity contribution in [2.45, 2.75) is 138 Å². The van der Waals surface area contributed by atoms with Crippen molar-refractivity contribution in [3.8, 4) is 55.6 Å². The second-order valence-corrected chi connectivity index (χ2v) is 22.6. The predicted molar refractivity (Wildman–Crippen MR) is 288 cm³/mol. The normalized spacial score (nSPS) is 13.3. The Balaban J connectivity index is 0.00000284. The van der Waals surface area contributed by atoms with E-state index in [0.29, 0.717) is 0 Å². The highest BCUT2D eigenvalue weighted by molar-refractivity contribution is 6.24. The summed E-state index contributed by atoms with van der Waals surface area (Å²) in [5.74, 6) is 0. The van der Waals surface area contributed by atoms with Crippen LogP contribution < -0.4 is 0 Å². The second-order valence-electron chi connectivity index (χ2n) is 22.6. The molecule has 332 valence electrons. The average molecular weight is 853 g/mol. The van der Waals surface area contributed by atoms with Crippen LogP contribution in [0, 0.1) is 0 Å². The van der Waals surface area contributed by atoms with Crippen LogP contribution in [-0.4, -0.2) is 0 Å². The molecule has 2 aliphatic rings. The third-order valence-corrected chi connectivity index (χ3v) is 13.9. The first-order valence-corrected chi connectivity index (χ1v) is 24.3. The summed E-state index contributed by atoms with van der Waals surface area (Å²) in [6.45, 7) is 37.0. The molecule has 9 rings (SSSR count). The minimum atomic E-state index is -0.0494. The summed E-state index contributed by atoms with van der Waals surface area (Å²) in [4.78, 5) is 0. The largest absolute Gasteiger partial charge is 0.0984 e.